The number of nitrogens with one attached hydrogen (secondary N) is 1. The van der Waals surface area contributed by atoms with Gasteiger partial charge in [-0.05, 0) is 18.2 Å². The van der Waals surface area contributed by atoms with Gasteiger partial charge >= 0.3 is 0 Å². The van der Waals surface area contributed by atoms with Crippen LogP contribution >= 0.6 is 0 Å². The highest BCUT2D eigenvalue weighted by Crippen LogP contribution is 2.28. The molecule has 8 nitrogen and oxygen atoms in total. The maximum absolute atomic E-state index is 11.5. The van der Waals surface area contributed by atoms with E-state index < -0.39 is 9.84 Å². The summed E-state index contributed by atoms with van der Waals surface area (Å²) in [5.74, 6) is 0.566. The number of anilines is 1. The van der Waals surface area contributed by atoms with Crippen LogP contribution in [0.5, 0.6) is 11.6 Å². The van der Waals surface area contributed by atoms with Gasteiger partial charge in [-0.3, -0.25) is 5.10 Å². The van der Waals surface area contributed by atoms with E-state index in [0.29, 0.717) is 16.8 Å². The monoisotopic (exact) mass is 305 g/mol. The van der Waals surface area contributed by atoms with Gasteiger partial charge in [0.1, 0.15) is 11.1 Å². The minimum absolute atomic E-state index is 0.0287. The van der Waals surface area contributed by atoms with Crippen LogP contribution in [0.15, 0.2) is 35.4 Å². The number of aromatic amines is 1. The summed E-state index contributed by atoms with van der Waals surface area (Å²) in [6, 6.07) is 6.12. The molecule has 3 aromatic rings. The summed E-state index contributed by atoms with van der Waals surface area (Å²) in [5.41, 5.74) is 6.03. The van der Waals surface area contributed by atoms with Gasteiger partial charge in [0.15, 0.2) is 15.5 Å². The van der Waals surface area contributed by atoms with Crippen LogP contribution in [0.4, 0.5) is 5.95 Å². The predicted octanol–water partition coefficient (Wildman–Crippen LogP) is 1.13. The van der Waals surface area contributed by atoms with Gasteiger partial charge in [0.25, 0.3) is 0 Å². The highest BCUT2D eigenvalue weighted by Gasteiger charge is 2.12. The second kappa shape index (κ2) is 4.70. The van der Waals surface area contributed by atoms with Crippen molar-refractivity contribution in [1.29, 1.82) is 0 Å². The normalized spacial score (nSPS) is 11.7. The molecule has 1 aromatic carbocycles. The Labute approximate surface area is 119 Å². The number of hydrogen-bond donors (Lipinski definition) is 2. The standard InChI is InChI=1S/C12H11N5O3S/c1-21(18,19)8-4-2-3-7(5-8)20-11-9-6-14-17-10(9)15-12(13)16-11/h2-6H,1H3,(H3,13,14,15,16,17). The molecule has 108 valence electrons. The second-order valence-electron chi connectivity index (χ2n) is 4.37. The number of nitrogens with zero attached hydrogens (tertiary/aromatic N) is 3. The Morgan fingerprint density at radius 3 is 2.86 bits per heavy atom. The Bertz CT molecular complexity index is 920. The van der Waals surface area contributed by atoms with E-state index in [9.17, 15) is 8.42 Å². The SMILES string of the molecule is CS(=O)(=O)c1cccc(Oc2nc(N)nc3[nH]ncc23)c1. The molecule has 0 aliphatic rings. The molecule has 9 heteroatoms. The van der Waals surface area contributed by atoms with Gasteiger partial charge in [-0.15, -0.1) is 0 Å². The van der Waals surface area contributed by atoms with Gasteiger partial charge < -0.3 is 10.5 Å². The molecule has 0 radical (unpaired) electrons. The molecule has 3 N–H and O–H groups in total. The van der Waals surface area contributed by atoms with Gasteiger partial charge in [0, 0.05) is 6.26 Å². The van der Waals surface area contributed by atoms with Crippen molar-refractivity contribution in [1.82, 2.24) is 20.2 Å². The van der Waals surface area contributed by atoms with Gasteiger partial charge in [-0.25, -0.2) is 8.42 Å². The van der Waals surface area contributed by atoms with E-state index in [2.05, 4.69) is 20.2 Å². The molecule has 0 aliphatic carbocycles. The number of benzene rings is 1. The van der Waals surface area contributed by atoms with Crippen molar-refractivity contribution in [2.45, 2.75) is 4.90 Å². The lowest BCUT2D eigenvalue weighted by molar-refractivity contribution is 0.467. The lowest BCUT2D eigenvalue weighted by Gasteiger charge is -2.07. The fourth-order valence-electron chi connectivity index (χ4n) is 1.78. The van der Waals surface area contributed by atoms with Crippen LogP contribution in [-0.2, 0) is 9.84 Å². The van der Waals surface area contributed by atoms with E-state index in [1.165, 1.54) is 18.3 Å². The molecule has 0 fully saturated rings. The Balaban J connectivity index is 2.05. The zero-order valence-electron chi connectivity index (χ0n) is 10.9. The minimum atomic E-state index is -3.31. The lowest BCUT2D eigenvalue weighted by Crippen LogP contribution is -1.99. The van der Waals surface area contributed by atoms with E-state index >= 15 is 0 Å². The predicted molar refractivity (Wildman–Crippen MR) is 75.7 cm³/mol. The smallest absolute Gasteiger partial charge is 0.235 e. The molecular formula is C12H11N5O3S. The number of sulfone groups is 1. The molecular weight excluding hydrogens is 294 g/mol. The molecule has 21 heavy (non-hydrogen) atoms. The summed E-state index contributed by atoms with van der Waals surface area (Å²) in [6.07, 6.45) is 2.63. The first-order valence-electron chi connectivity index (χ1n) is 5.88. The zero-order chi connectivity index (χ0) is 15.0. The summed E-state index contributed by atoms with van der Waals surface area (Å²) < 4.78 is 28.7. The van der Waals surface area contributed by atoms with Crippen LogP contribution in [0, 0.1) is 0 Å². The van der Waals surface area contributed by atoms with Crippen LogP contribution in [0.3, 0.4) is 0 Å². The summed E-state index contributed by atoms with van der Waals surface area (Å²) in [5, 5.41) is 7.06. The molecule has 3 rings (SSSR count). The van der Waals surface area contributed by atoms with Crippen molar-refractivity contribution in [2.75, 3.05) is 12.0 Å². The number of rotatable bonds is 3. The third kappa shape index (κ3) is 2.63. The van der Waals surface area contributed by atoms with E-state index in [1.807, 2.05) is 0 Å². The van der Waals surface area contributed by atoms with Crippen molar-refractivity contribution >= 4 is 26.8 Å². The van der Waals surface area contributed by atoms with E-state index in [4.69, 9.17) is 10.5 Å². The Morgan fingerprint density at radius 2 is 2.10 bits per heavy atom. The van der Waals surface area contributed by atoms with Crippen LogP contribution in [0.1, 0.15) is 0 Å². The molecule has 0 spiro atoms. The molecule has 0 unspecified atom stereocenters. The van der Waals surface area contributed by atoms with Crippen LogP contribution in [0.2, 0.25) is 0 Å². The molecule has 0 bridgehead atoms. The third-order valence-corrected chi connectivity index (χ3v) is 3.85. The number of hydrogen-bond acceptors (Lipinski definition) is 7. The first-order valence-corrected chi connectivity index (χ1v) is 7.77. The van der Waals surface area contributed by atoms with Gasteiger partial charge in [0.05, 0.1) is 11.1 Å². The second-order valence-corrected chi connectivity index (χ2v) is 6.38. The van der Waals surface area contributed by atoms with E-state index in [0.717, 1.165) is 6.26 Å². The molecule has 0 atom stereocenters. The summed E-state index contributed by atoms with van der Waals surface area (Å²) in [7, 11) is -3.31. The highest BCUT2D eigenvalue weighted by molar-refractivity contribution is 7.90. The van der Waals surface area contributed by atoms with E-state index in [1.54, 1.807) is 12.1 Å². The Morgan fingerprint density at radius 1 is 1.29 bits per heavy atom. The molecule has 0 amide bonds. The third-order valence-electron chi connectivity index (χ3n) is 2.74. The van der Waals surface area contributed by atoms with Crippen molar-refractivity contribution in [3.63, 3.8) is 0 Å². The van der Waals surface area contributed by atoms with Crippen molar-refractivity contribution in [3.8, 4) is 11.6 Å². The summed E-state index contributed by atoms with van der Waals surface area (Å²) in [4.78, 5) is 8.12. The summed E-state index contributed by atoms with van der Waals surface area (Å²) >= 11 is 0. The van der Waals surface area contributed by atoms with Crippen molar-refractivity contribution in [3.05, 3.63) is 30.5 Å². The lowest BCUT2D eigenvalue weighted by atomic mass is 10.3. The van der Waals surface area contributed by atoms with Gasteiger partial charge in [-0.2, -0.15) is 15.1 Å². The fraction of sp³-hybridized carbons (Fsp3) is 0.0833. The number of nitrogen functional groups attached to an aromatic ring is 1. The number of nitrogens with two attached hydrogens (primary N) is 1. The molecule has 0 saturated heterocycles. The van der Waals surface area contributed by atoms with Gasteiger partial charge in [0.2, 0.25) is 11.8 Å². The maximum atomic E-state index is 11.5. The maximum Gasteiger partial charge on any atom is 0.235 e. The van der Waals surface area contributed by atoms with Crippen LogP contribution in [-0.4, -0.2) is 34.8 Å². The van der Waals surface area contributed by atoms with Crippen LogP contribution < -0.4 is 10.5 Å². The Kier molecular flexibility index (Phi) is 2.98. The number of aromatic nitrogens is 4. The molecule has 0 aliphatic heterocycles. The van der Waals surface area contributed by atoms with E-state index in [-0.39, 0.29) is 16.7 Å². The average Bonchev–Trinajstić information content (AvgIpc) is 2.86. The minimum Gasteiger partial charge on any atom is -0.438 e. The first kappa shape index (κ1) is 13.3. The van der Waals surface area contributed by atoms with Crippen LogP contribution in [0.25, 0.3) is 11.0 Å². The highest BCUT2D eigenvalue weighted by atomic mass is 32.2. The number of ether oxygens (including phenoxy) is 1. The van der Waals surface area contributed by atoms with Crippen molar-refractivity contribution in [2.24, 2.45) is 0 Å². The molecule has 2 heterocycles. The molecule has 2 aromatic heterocycles. The van der Waals surface area contributed by atoms with Gasteiger partial charge in [-0.1, -0.05) is 6.07 Å². The Hall–Kier alpha value is -2.68. The first-order chi connectivity index (χ1) is 9.93. The topological polar surface area (TPSA) is 124 Å². The largest absolute Gasteiger partial charge is 0.438 e. The average molecular weight is 305 g/mol. The summed E-state index contributed by atoms with van der Waals surface area (Å²) in [6.45, 7) is 0. The fourth-order valence-corrected chi connectivity index (χ4v) is 2.44. The number of H-pyrrole nitrogens is 1. The number of fused-ring (bicyclic) bond motifs is 1. The zero-order valence-corrected chi connectivity index (χ0v) is 11.8. The molecule has 0 saturated carbocycles. The quantitative estimate of drug-likeness (QED) is 0.743. The van der Waals surface area contributed by atoms with Crippen molar-refractivity contribution < 1.29 is 13.2 Å².